The Kier molecular flexibility index (Phi) is 6.50. The second-order valence-corrected chi connectivity index (χ2v) is 8.14. The second-order valence-electron chi connectivity index (χ2n) is 8.14. The van der Waals surface area contributed by atoms with Gasteiger partial charge in [-0.05, 0) is 23.6 Å². The minimum Gasteiger partial charge on any atom is -0.481 e. The first kappa shape index (κ1) is 21.5. The summed E-state index contributed by atoms with van der Waals surface area (Å²) in [6.45, 7) is 6.61. The molecule has 0 saturated heterocycles. The van der Waals surface area contributed by atoms with Crippen molar-refractivity contribution in [2.24, 2.45) is 10.4 Å². The molecule has 0 saturated carbocycles. The van der Waals surface area contributed by atoms with E-state index in [0.29, 0.717) is 6.42 Å². The Morgan fingerprint density at radius 2 is 1.73 bits per heavy atom. The third-order valence-electron chi connectivity index (χ3n) is 5.39. The zero-order valence-electron chi connectivity index (χ0n) is 17.8. The lowest BCUT2D eigenvalue weighted by Gasteiger charge is -2.23. The maximum atomic E-state index is 12.7. The van der Waals surface area contributed by atoms with Crippen LogP contribution in [0, 0.1) is 5.41 Å². The molecule has 5 heteroatoms. The Balaban J connectivity index is 2.03. The van der Waals surface area contributed by atoms with E-state index >= 15 is 0 Å². The van der Waals surface area contributed by atoms with Crippen LogP contribution in [0.3, 0.4) is 0 Å². The van der Waals surface area contributed by atoms with E-state index < -0.39 is 11.4 Å². The lowest BCUT2D eigenvalue weighted by molar-refractivity contribution is -0.135. The standard InChI is InChI=1S/C25H28N2O3/c1-4-19-20-12-8-9-13-21(20)27(17-18-10-6-5-7-11-18)22(19)16-25(2,3)24(30)26-15-14-23(28)29/h5-13,15H,4,14,16-17H2,1-3H3,(H,28,29). The molecule has 0 unspecified atom stereocenters. The Morgan fingerprint density at radius 3 is 2.40 bits per heavy atom. The second kappa shape index (κ2) is 9.08. The van der Waals surface area contributed by atoms with E-state index in [0.717, 1.165) is 24.2 Å². The molecule has 0 aliphatic carbocycles. The molecule has 1 aromatic heterocycles. The Hall–Kier alpha value is -3.21. The van der Waals surface area contributed by atoms with Gasteiger partial charge in [-0.2, -0.15) is 0 Å². The van der Waals surface area contributed by atoms with Crippen molar-refractivity contribution in [3.63, 3.8) is 0 Å². The molecule has 156 valence electrons. The predicted molar refractivity (Wildman–Crippen MR) is 120 cm³/mol. The van der Waals surface area contributed by atoms with E-state index in [4.69, 9.17) is 5.11 Å². The normalized spacial score (nSPS) is 12.0. The smallest absolute Gasteiger partial charge is 0.308 e. The monoisotopic (exact) mass is 404 g/mol. The number of aliphatic imine (C=N–C) groups is 1. The van der Waals surface area contributed by atoms with Crippen molar-refractivity contribution < 1.29 is 14.7 Å². The van der Waals surface area contributed by atoms with Gasteiger partial charge in [0.05, 0.1) is 11.8 Å². The van der Waals surface area contributed by atoms with E-state index in [-0.39, 0.29) is 12.3 Å². The summed E-state index contributed by atoms with van der Waals surface area (Å²) in [5.74, 6) is -1.30. The van der Waals surface area contributed by atoms with E-state index in [1.807, 2.05) is 44.2 Å². The number of hydrogen-bond donors (Lipinski definition) is 1. The van der Waals surface area contributed by atoms with Gasteiger partial charge in [-0.15, -0.1) is 0 Å². The maximum absolute atomic E-state index is 12.7. The zero-order valence-corrected chi connectivity index (χ0v) is 17.8. The summed E-state index contributed by atoms with van der Waals surface area (Å²) >= 11 is 0. The molecule has 1 heterocycles. The Labute approximate surface area is 177 Å². The number of carboxylic acids is 1. The minimum atomic E-state index is -0.999. The fourth-order valence-electron chi connectivity index (χ4n) is 3.85. The topological polar surface area (TPSA) is 71.7 Å². The number of amides is 1. The van der Waals surface area contributed by atoms with Crippen LogP contribution in [0.15, 0.2) is 59.6 Å². The van der Waals surface area contributed by atoms with Crippen LogP contribution < -0.4 is 0 Å². The van der Waals surface area contributed by atoms with Gasteiger partial charge in [0.15, 0.2) is 0 Å². The van der Waals surface area contributed by atoms with Gasteiger partial charge >= 0.3 is 5.97 Å². The van der Waals surface area contributed by atoms with Crippen molar-refractivity contribution in [3.8, 4) is 0 Å². The molecule has 0 aliphatic rings. The van der Waals surface area contributed by atoms with Crippen molar-refractivity contribution in [1.82, 2.24) is 4.57 Å². The molecular weight excluding hydrogens is 376 g/mol. The van der Waals surface area contributed by atoms with Crippen LogP contribution in [0.5, 0.6) is 0 Å². The van der Waals surface area contributed by atoms with Gasteiger partial charge in [0, 0.05) is 35.8 Å². The number of carbonyl (C=O) groups excluding carboxylic acids is 1. The van der Waals surface area contributed by atoms with Crippen LogP contribution in [0.25, 0.3) is 10.9 Å². The van der Waals surface area contributed by atoms with Gasteiger partial charge in [-0.3, -0.25) is 9.59 Å². The quantitative estimate of drug-likeness (QED) is 0.543. The third-order valence-corrected chi connectivity index (χ3v) is 5.39. The van der Waals surface area contributed by atoms with E-state index in [9.17, 15) is 9.59 Å². The maximum Gasteiger partial charge on any atom is 0.308 e. The number of para-hydroxylation sites is 1. The number of aliphatic carboxylic acids is 1. The van der Waals surface area contributed by atoms with Crippen LogP contribution in [-0.2, 0) is 29.0 Å². The summed E-state index contributed by atoms with van der Waals surface area (Å²) in [6.07, 6.45) is 2.33. The number of aromatic nitrogens is 1. The highest BCUT2D eigenvalue weighted by molar-refractivity contribution is 5.94. The van der Waals surface area contributed by atoms with Gasteiger partial charge in [-0.1, -0.05) is 69.3 Å². The Bertz CT molecular complexity index is 1080. The number of aryl methyl sites for hydroxylation is 1. The number of nitrogens with zero attached hydrogens (tertiary/aromatic N) is 2. The zero-order chi connectivity index (χ0) is 21.7. The molecule has 0 radical (unpaired) electrons. The molecule has 1 amide bonds. The molecule has 3 aromatic rings. The van der Waals surface area contributed by atoms with E-state index in [1.165, 1.54) is 22.7 Å². The first-order valence-corrected chi connectivity index (χ1v) is 10.2. The first-order valence-electron chi connectivity index (χ1n) is 10.2. The van der Waals surface area contributed by atoms with Crippen molar-refractivity contribution in [2.45, 2.75) is 46.6 Å². The predicted octanol–water partition coefficient (Wildman–Crippen LogP) is 4.89. The molecule has 0 bridgehead atoms. The fraction of sp³-hybridized carbons (Fsp3) is 0.320. The SMILES string of the molecule is CCc1c(CC(C)(C)C(=O)N=CCC(=O)O)n(Cc2ccccc2)c2ccccc12. The number of benzene rings is 2. The molecule has 1 N–H and O–H groups in total. The molecule has 3 rings (SSSR count). The summed E-state index contributed by atoms with van der Waals surface area (Å²) < 4.78 is 2.31. The summed E-state index contributed by atoms with van der Waals surface area (Å²) in [4.78, 5) is 27.4. The van der Waals surface area contributed by atoms with Crippen molar-refractivity contribution in [3.05, 3.63) is 71.4 Å². The number of carbonyl (C=O) groups is 2. The van der Waals surface area contributed by atoms with Gasteiger partial charge in [-0.25, -0.2) is 4.99 Å². The highest BCUT2D eigenvalue weighted by Gasteiger charge is 2.31. The molecule has 0 aliphatic heterocycles. The van der Waals surface area contributed by atoms with Crippen LogP contribution >= 0.6 is 0 Å². The van der Waals surface area contributed by atoms with Gasteiger partial charge in [0.1, 0.15) is 0 Å². The molecule has 30 heavy (non-hydrogen) atoms. The largest absolute Gasteiger partial charge is 0.481 e. The number of hydrogen-bond acceptors (Lipinski definition) is 2. The van der Waals surface area contributed by atoms with Crippen molar-refractivity contribution in [2.75, 3.05) is 0 Å². The average Bonchev–Trinajstić information content (AvgIpc) is 3.00. The molecule has 0 atom stereocenters. The fourth-order valence-corrected chi connectivity index (χ4v) is 3.85. The molecule has 0 fully saturated rings. The van der Waals surface area contributed by atoms with Gasteiger partial charge < -0.3 is 9.67 Å². The summed E-state index contributed by atoms with van der Waals surface area (Å²) in [5.41, 5.74) is 3.99. The highest BCUT2D eigenvalue weighted by Crippen LogP contribution is 2.33. The van der Waals surface area contributed by atoms with Crippen molar-refractivity contribution >= 4 is 29.0 Å². The highest BCUT2D eigenvalue weighted by atomic mass is 16.4. The third kappa shape index (κ3) is 4.67. The number of fused-ring (bicyclic) bond motifs is 1. The first-order chi connectivity index (χ1) is 14.3. The van der Waals surface area contributed by atoms with Crippen molar-refractivity contribution in [1.29, 1.82) is 0 Å². The number of carboxylic acid groups (broad SMARTS) is 1. The van der Waals surface area contributed by atoms with Crippen LogP contribution in [0.4, 0.5) is 0 Å². The van der Waals surface area contributed by atoms with Gasteiger partial charge in [0.2, 0.25) is 0 Å². The molecular formula is C25H28N2O3. The van der Waals surface area contributed by atoms with E-state index in [1.54, 1.807) is 0 Å². The molecule has 2 aromatic carbocycles. The molecule has 5 nitrogen and oxygen atoms in total. The van der Waals surface area contributed by atoms with Gasteiger partial charge in [0.25, 0.3) is 5.91 Å². The van der Waals surface area contributed by atoms with Crippen LogP contribution in [-0.4, -0.2) is 27.8 Å². The lowest BCUT2D eigenvalue weighted by Crippen LogP contribution is -2.27. The number of rotatable bonds is 8. The Morgan fingerprint density at radius 1 is 1.07 bits per heavy atom. The van der Waals surface area contributed by atoms with Crippen LogP contribution in [0.1, 0.15) is 44.0 Å². The molecule has 0 spiro atoms. The summed E-state index contributed by atoms with van der Waals surface area (Å²) in [6, 6.07) is 18.6. The average molecular weight is 405 g/mol. The van der Waals surface area contributed by atoms with E-state index in [2.05, 4.69) is 40.7 Å². The minimum absolute atomic E-state index is 0.254. The summed E-state index contributed by atoms with van der Waals surface area (Å²) in [7, 11) is 0. The summed E-state index contributed by atoms with van der Waals surface area (Å²) in [5, 5.41) is 10.00. The lowest BCUT2D eigenvalue weighted by atomic mass is 9.85. The van der Waals surface area contributed by atoms with Crippen LogP contribution in [0.2, 0.25) is 0 Å².